The Bertz CT molecular complexity index is 986. The van der Waals surface area contributed by atoms with Crippen molar-refractivity contribution in [2.45, 2.75) is 6.54 Å². The lowest BCUT2D eigenvalue weighted by atomic mass is 10.1. The molecule has 0 aromatic heterocycles. The Balaban J connectivity index is 1.83. The molecule has 5 nitrogen and oxygen atoms in total. The van der Waals surface area contributed by atoms with Gasteiger partial charge in [-0.15, -0.1) is 0 Å². The number of hydrogen-bond acceptors (Lipinski definition) is 5. The zero-order chi connectivity index (χ0) is 21.0. The van der Waals surface area contributed by atoms with E-state index in [1.165, 1.54) is 7.11 Å². The fourth-order valence-electron chi connectivity index (χ4n) is 2.67. The summed E-state index contributed by atoms with van der Waals surface area (Å²) in [6.45, 7) is 3.97. The van der Waals surface area contributed by atoms with Crippen LogP contribution in [0.2, 0.25) is 10.0 Å². The van der Waals surface area contributed by atoms with Crippen LogP contribution in [0.4, 0.5) is 4.79 Å². The number of benzene rings is 2. The summed E-state index contributed by atoms with van der Waals surface area (Å²) < 4.78 is 10.9. The van der Waals surface area contributed by atoms with Gasteiger partial charge in [0.25, 0.3) is 11.1 Å². The van der Waals surface area contributed by atoms with Crippen LogP contribution in [0.3, 0.4) is 0 Å². The first-order valence-electron chi connectivity index (χ1n) is 8.54. The summed E-state index contributed by atoms with van der Waals surface area (Å²) in [5.41, 5.74) is 1.24. The van der Waals surface area contributed by atoms with E-state index in [9.17, 15) is 9.59 Å². The van der Waals surface area contributed by atoms with Crippen LogP contribution in [-0.2, 0) is 11.3 Å². The minimum Gasteiger partial charge on any atom is -0.493 e. The Morgan fingerprint density at radius 1 is 1.14 bits per heavy atom. The number of amides is 2. The fourth-order valence-corrected chi connectivity index (χ4v) is 4.03. The average Bonchev–Trinajstić information content (AvgIpc) is 2.96. The lowest BCUT2D eigenvalue weighted by Gasteiger charge is -2.14. The largest absolute Gasteiger partial charge is 0.493 e. The van der Waals surface area contributed by atoms with Gasteiger partial charge in [0.05, 0.1) is 18.6 Å². The first kappa shape index (κ1) is 21.3. The van der Waals surface area contributed by atoms with Crippen molar-refractivity contribution in [3.05, 3.63) is 75.1 Å². The van der Waals surface area contributed by atoms with Crippen molar-refractivity contribution in [3.8, 4) is 11.5 Å². The summed E-state index contributed by atoms with van der Waals surface area (Å²) in [5.74, 6) is 0.677. The average molecular weight is 450 g/mol. The van der Waals surface area contributed by atoms with Gasteiger partial charge < -0.3 is 9.47 Å². The molecule has 0 unspecified atom stereocenters. The van der Waals surface area contributed by atoms with Crippen molar-refractivity contribution in [3.63, 3.8) is 0 Å². The van der Waals surface area contributed by atoms with Gasteiger partial charge >= 0.3 is 0 Å². The molecular weight excluding hydrogens is 433 g/mol. The van der Waals surface area contributed by atoms with Crippen LogP contribution in [-0.4, -0.2) is 29.8 Å². The number of hydrogen-bond donors (Lipinski definition) is 0. The molecular formula is C21H17Cl2NO4S. The monoisotopic (exact) mass is 449 g/mol. The molecule has 29 heavy (non-hydrogen) atoms. The molecule has 3 rings (SSSR count). The Morgan fingerprint density at radius 3 is 2.52 bits per heavy atom. The minimum absolute atomic E-state index is 0.0121. The van der Waals surface area contributed by atoms with Crippen molar-refractivity contribution >= 4 is 52.2 Å². The molecule has 0 saturated carbocycles. The third kappa shape index (κ3) is 4.78. The highest BCUT2D eigenvalue weighted by Crippen LogP contribution is 2.36. The predicted octanol–water partition coefficient (Wildman–Crippen LogP) is 5.80. The van der Waals surface area contributed by atoms with Crippen LogP contribution in [0.5, 0.6) is 11.5 Å². The maximum atomic E-state index is 12.8. The maximum absolute atomic E-state index is 12.8. The van der Waals surface area contributed by atoms with E-state index in [0.717, 1.165) is 16.7 Å². The lowest BCUT2D eigenvalue weighted by molar-refractivity contribution is -0.123. The van der Waals surface area contributed by atoms with Crippen molar-refractivity contribution in [2.24, 2.45) is 0 Å². The number of carbonyl (C=O) groups excluding carboxylic acids is 2. The van der Waals surface area contributed by atoms with Crippen LogP contribution in [0.1, 0.15) is 11.1 Å². The zero-order valence-corrected chi connectivity index (χ0v) is 17.8. The number of ether oxygens (including phenoxy) is 2. The molecule has 1 aliphatic heterocycles. The number of thioether (sulfide) groups is 1. The molecule has 1 heterocycles. The van der Waals surface area contributed by atoms with Crippen LogP contribution in [0.15, 0.2) is 54.0 Å². The molecule has 150 valence electrons. The zero-order valence-electron chi connectivity index (χ0n) is 15.5. The first-order valence-corrected chi connectivity index (χ1v) is 10.1. The molecule has 1 aliphatic rings. The van der Waals surface area contributed by atoms with Gasteiger partial charge in [-0.1, -0.05) is 48.0 Å². The number of nitrogens with zero attached hydrogens (tertiary/aromatic N) is 1. The SMILES string of the molecule is C=CCOc1ccc(/C=C2/SC(=O)N(Cc3c(Cl)cccc3Cl)C2=O)cc1OC. The van der Waals surface area contributed by atoms with Crippen LogP contribution >= 0.6 is 35.0 Å². The summed E-state index contributed by atoms with van der Waals surface area (Å²) in [4.78, 5) is 26.6. The molecule has 2 aromatic carbocycles. The van der Waals surface area contributed by atoms with Crippen molar-refractivity contribution in [1.82, 2.24) is 4.90 Å². The summed E-state index contributed by atoms with van der Waals surface area (Å²) in [6.07, 6.45) is 3.27. The van der Waals surface area contributed by atoms with Gasteiger partial charge in [-0.25, -0.2) is 0 Å². The normalized spacial score (nSPS) is 15.1. The Labute approximate surface area is 182 Å². The fraction of sp³-hybridized carbons (Fsp3) is 0.143. The van der Waals surface area contributed by atoms with E-state index in [2.05, 4.69) is 6.58 Å². The van der Waals surface area contributed by atoms with Crippen molar-refractivity contribution < 1.29 is 19.1 Å². The van der Waals surface area contributed by atoms with Gasteiger partial charge in [0.1, 0.15) is 6.61 Å². The van der Waals surface area contributed by atoms with Gasteiger partial charge in [-0.2, -0.15) is 0 Å². The summed E-state index contributed by atoms with van der Waals surface area (Å²) in [5, 5.41) is 0.427. The molecule has 2 aromatic rings. The van der Waals surface area contributed by atoms with Gasteiger partial charge in [-0.05, 0) is 47.7 Å². The lowest BCUT2D eigenvalue weighted by Crippen LogP contribution is -2.27. The number of rotatable bonds is 7. The molecule has 0 radical (unpaired) electrons. The summed E-state index contributed by atoms with van der Waals surface area (Å²) in [6, 6.07) is 10.3. The van der Waals surface area contributed by atoms with Crippen molar-refractivity contribution in [2.75, 3.05) is 13.7 Å². The molecule has 0 N–H and O–H groups in total. The second-order valence-electron chi connectivity index (χ2n) is 5.98. The minimum atomic E-state index is -0.401. The van der Waals surface area contributed by atoms with E-state index in [-0.39, 0.29) is 11.8 Å². The molecule has 8 heteroatoms. The Morgan fingerprint density at radius 2 is 1.86 bits per heavy atom. The van der Waals surface area contributed by atoms with Gasteiger partial charge in [0, 0.05) is 15.6 Å². The number of imide groups is 1. The molecule has 0 atom stereocenters. The Hall–Kier alpha value is -2.41. The van der Waals surface area contributed by atoms with E-state index >= 15 is 0 Å². The topological polar surface area (TPSA) is 55.8 Å². The van der Waals surface area contributed by atoms with Gasteiger partial charge in [-0.3, -0.25) is 14.5 Å². The van der Waals surface area contributed by atoms with E-state index in [1.807, 2.05) is 0 Å². The molecule has 1 fully saturated rings. The summed E-state index contributed by atoms with van der Waals surface area (Å²) >= 11 is 13.2. The highest BCUT2D eigenvalue weighted by atomic mass is 35.5. The second kappa shape index (κ2) is 9.39. The Kier molecular flexibility index (Phi) is 6.90. The van der Waals surface area contributed by atoms with Crippen LogP contribution in [0, 0.1) is 0 Å². The quantitative estimate of drug-likeness (QED) is 0.394. The smallest absolute Gasteiger partial charge is 0.293 e. The third-order valence-electron chi connectivity index (χ3n) is 4.09. The van der Waals surface area contributed by atoms with Crippen LogP contribution < -0.4 is 9.47 Å². The molecule has 2 amide bonds. The predicted molar refractivity (Wildman–Crippen MR) is 117 cm³/mol. The highest BCUT2D eigenvalue weighted by molar-refractivity contribution is 8.18. The molecule has 1 saturated heterocycles. The van der Waals surface area contributed by atoms with E-state index in [1.54, 1.807) is 48.6 Å². The summed E-state index contributed by atoms with van der Waals surface area (Å²) in [7, 11) is 1.53. The van der Waals surface area contributed by atoms with Crippen molar-refractivity contribution in [1.29, 1.82) is 0 Å². The number of halogens is 2. The maximum Gasteiger partial charge on any atom is 0.293 e. The van der Waals surface area contributed by atoms with Gasteiger partial charge in [0.15, 0.2) is 11.5 Å². The van der Waals surface area contributed by atoms with E-state index in [0.29, 0.717) is 44.2 Å². The third-order valence-corrected chi connectivity index (χ3v) is 5.71. The van der Waals surface area contributed by atoms with E-state index in [4.69, 9.17) is 32.7 Å². The highest BCUT2D eigenvalue weighted by Gasteiger charge is 2.35. The number of methoxy groups -OCH3 is 1. The molecule has 0 bridgehead atoms. The van der Waals surface area contributed by atoms with E-state index < -0.39 is 5.91 Å². The standard InChI is InChI=1S/C21H17Cl2NO4S/c1-3-9-28-17-8-7-13(10-18(17)27-2)11-19-20(25)24(21(26)29-19)12-14-15(22)5-4-6-16(14)23/h3-8,10-11H,1,9,12H2,2H3/b19-11+. The second-order valence-corrected chi connectivity index (χ2v) is 7.79. The van der Waals surface area contributed by atoms with Gasteiger partial charge in [0.2, 0.25) is 0 Å². The first-order chi connectivity index (χ1) is 13.9. The van der Waals surface area contributed by atoms with Crippen LogP contribution in [0.25, 0.3) is 6.08 Å². The molecule has 0 aliphatic carbocycles. The number of carbonyl (C=O) groups is 2. The molecule has 0 spiro atoms.